The van der Waals surface area contributed by atoms with Gasteiger partial charge >= 0.3 is 0 Å². The summed E-state index contributed by atoms with van der Waals surface area (Å²) in [5.41, 5.74) is 9.55. The van der Waals surface area contributed by atoms with Gasteiger partial charge < -0.3 is 16.0 Å². The number of nitrogens with two attached hydrogens (primary N) is 1. The third-order valence-electron chi connectivity index (χ3n) is 3.12. The van der Waals surface area contributed by atoms with Gasteiger partial charge in [0.05, 0.1) is 11.4 Å². The van der Waals surface area contributed by atoms with Crippen molar-refractivity contribution < 1.29 is 0 Å². The van der Waals surface area contributed by atoms with Crippen molar-refractivity contribution in [2.45, 2.75) is 39.4 Å². The van der Waals surface area contributed by atoms with Gasteiger partial charge in [0.15, 0.2) is 0 Å². The third-order valence-corrected chi connectivity index (χ3v) is 3.12. The van der Waals surface area contributed by atoms with Gasteiger partial charge in [0.2, 0.25) is 0 Å². The lowest BCUT2D eigenvalue weighted by molar-refractivity contribution is 0.621. The zero-order chi connectivity index (χ0) is 11.7. The highest BCUT2D eigenvalue weighted by Crippen LogP contribution is 2.35. The quantitative estimate of drug-likeness (QED) is 0.801. The van der Waals surface area contributed by atoms with Crippen molar-refractivity contribution in [2.75, 3.05) is 16.8 Å². The van der Waals surface area contributed by atoms with Crippen LogP contribution in [0.1, 0.15) is 26.3 Å². The normalized spacial score (nSPS) is 19.6. The minimum absolute atomic E-state index is 0.489. The van der Waals surface area contributed by atoms with E-state index < -0.39 is 0 Å². The molecule has 2 rings (SSSR count). The topological polar surface area (TPSA) is 41.3 Å². The van der Waals surface area contributed by atoms with Gasteiger partial charge in [-0.15, -0.1) is 0 Å². The molecule has 1 aromatic rings. The molecule has 3 heteroatoms. The lowest BCUT2D eigenvalue weighted by atomic mass is 10.0. The molecule has 0 amide bonds. The summed E-state index contributed by atoms with van der Waals surface area (Å²) in [6.07, 6.45) is 0. The maximum Gasteiger partial charge on any atom is 0.0650 e. The molecule has 1 aliphatic rings. The molecule has 1 atom stereocenters. The summed E-state index contributed by atoms with van der Waals surface area (Å²) in [4.78, 5) is 2.44. The Bertz CT molecular complexity index is 373. The number of benzene rings is 1. The van der Waals surface area contributed by atoms with Crippen LogP contribution in [0.5, 0.6) is 0 Å². The van der Waals surface area contributed by atoms with Crippen molar-refractivity contribution in [1.29, 1.82) is 0 Å². The van der Waals surface area contributed by atoms with Crippen LogP contribution in [-0.2, 0) is 6.54 Å². The van der Waals surface area contributed by atoms with E-state index in [4.69, 9.17) is 5.73 Å². The molecule has 0 spiro atoms. The molecule has 0 fully saturated rings. The predicted molar refractivity (Wildman–Crippen MR) is 69.9 cm³/mol. The first-order valence-corrected chi connectivity index (χ1v) is 5.98. The molecule has 16 heavy (non-hydrogen) atoms. The largest absolute Gasteiger partial charge is 0.379 e. The monoisotopic (exact) mass is 219 g/mol. The van der Waals surface area contributed by atoms with E-state index in [1.807, 2.05) is 0 Å². The molecule has 0 aromatic heterocycles. The zero-order valence-corrected chi connectivity index (χ0v) is 10.3. The second kappa shape index (κ2) is 4.34. The van der Waals surface area contributed by atoms with Crippen molar-refractivity contribution in [3.63, 3.8) is 0 Å². The van der Waals surface area contributed by atoms with Gasteiger partial charge in [-0.2, -0.15) is 0 Å². The number of hydrogen-bond donors (Lipinski definition) is 2. The second-order valence-corrected chi connectivity index (χ2v) is 4.81. The number of anilines is 2. The highest BCUT2D eigenvalue weighted by Gasteiger charge is 2.24. The van der Waals surface area contributed by atoms with Crippen LogP contribution in [0, 0.1) is 0 Å². The molecule has 3 nitrogen and oxygen atoms in total. The van der Waals surface area contributed by atoms with Gasteiger partial charge in [0.25, 0.3) is 0 Å². The number of rotatable bonds is 2. The summed E-state index contributed by atoms with van der Waals surface area (Å²) >= 11 is 0. The smallest absolute Gasteiger partial charge is 0.0650 e. The van der Waals surface area contributed by atoms with Crippen molar-refractivity contribution in [3.8, 4) is 0 Å². The number of nitrogens with one attached hydrogen (secondary N) is 1. The Labute approximate surface area is 97.6 Å². The standard InChI is InChI=1S/C13H21N3/c1-9(2)16-8-10(3)15-12-6-4-5-11(7-14)13(12)16/h4-6,9-10,15H,7-8,14H2,1-3H3. The lowest BCUT2D eigenvalue weighted by Crippen LogP contribution is -2.44. The predicted octanol–water partition coefficient (Wildman–Crippen LogP) is 2.17. The van der Waals surface area contributed by atoms with E-state index in [1.165, 1.54) is 16.9 Å². The summed E-state index contributed by atoms with van der Waals surface area (Å²) in [6, 6.07) is 7.33. The number of hydrogen-bond acceptors (Lipinski definition) is 3. The molecular weight excluding hydrogens is 198 g/mol. The third kappa shape index (κ3) is 1.87. The maximum absolute atomic E-state index is 5.82. The first-order chi connectivity index (χ1) is 7.63. The van der Waals surface area contributed by atoms with E-state index in [0.717, 1.165) is 6.54 Å². The first kappa shape index (κ1) is 11.3. The van der Waals surface area contributed by atoms with Crippen LogP contribution in [0.15, 0.2) is 18.2 Å². The highest BCUT2D eigenvalue weighted by molar-refractivity contribution is 5.76. The van der Waals surface area contributed by atoms with Crippen LogP contribution < -0.4 is 16.0 Å². The van der Waals surface area contributed by atoms with Gasteiger partial charge in [-0.25, -0.2) is 0 Å². The van der Waals surface area contributed by atoms with Gasteiger partial charge in [-0.3, -0.25) is 0 Å². The number of nitrogens with zero attached hydrogens (tertiary/aromatic N) is 1. The fourth-order valence-electron chi connectivity index (χ4n) is 2.38. The van der Waals surface area contributed by atoms with Crippen molar-refractivity contribution in [1.82, 2.24) is 0 Å². The molecule has 1 heterocycles. The van der Waals surface area contributed by atoms with Crippen molar-refractivity contribution in [2.24, 2.45) is 5.73 Å². The Kier molecular flexibility index (Phi) is 3.06. The van der Waals surface area contributed by atoms with E-state index in [1.54, 1.807) is 0 Å². The van der Waals surface area contributed by atoms with Crippen LogP contribution in [0.2, 0.25) is 0 Å². The van der Waals surface area contributed by atoms with Gasteiger partial charge in [-0.05, 0) is 32.4 Å². The van der Waals surface area contributed by atoms with Gasteiger partial charge in [0, 0.05) is 25.2 Å². The van der Waals surface area contributed by atoms with E-state index in [9.17, 15) is 0 Å². The van der Waals surface area contributed by atoms with Crippen LogP contribution in [0.4, 0.5) is 11.4 Å². The zero-order valence-electron chi connectivity index (χ0n) is 10.3. The minimum atomic E-state index is 0.489. The van der Waals surface area contributed by atoms with E-state index in [-0.39, 0.29) is 0 Å². The average molecular weight is 219 g/mol. The summed E-state index contributed by atoms with van der Waals surface area (Å²) < 4.78 is 0. The van der Waals surface area contributed by atoms with Crippen LogP contribution in [0.25, 0.3) is 0 Å². The molecule has 1 aliphatic heterocycles. The van der Waals surface area contributed by atoms with Gasteiger partial charge in [-0.1, -0.05) is 12.1 Å². The van der Waals surface area contributed by atoms with Crippen molar-refractivity contribution >= 4 is 11.4 Å². The van der Waals surface area contributed by atoms with E-state index in [0.29, 0.717) is 18.6 Å². The lowest BCUT2D eigenvalue weighted by Gasteiger charge is -2.40. The highest BCUT2D eigenvalue weighted by atomic mass is 15.2. The molecule has 0 aliphatic carbocycles. The fraction of sp³-hybridized carbons (Fsp3) is 0.538. The van der Waals surface area contributed by atoms with Crippen LogP contribution >= 0.6 is 0 Å². The Hall–Kier alpha value is -1.22. The molecule has 0 radical (unpaired) electrons. The van der Waals surface area contributed by atoms with E-state index >= 15 is 0 Å². The Balaban J connectivity index is 2.49. The minimum Gasteiger partial charge on any atom is -0.379 e. The Morgan fingerprint density at radius 2 is 2.25 bits per heavy atom. The second-order valence-electron chi connectivity index (χ2n) is 4.81. The molecular formula is C13H21N3. The summed E-state index contributed by atoms with van der Waals surface area (Å²) in [5.74, 6) is 0. The van der Waals surface area contributed by atoms with E-state index in [2.05, 4.69) is 49.2 Å². The first-order valence-electron chi connectivity index (χ1n) is 5.98. The molecule has 1 aromatic carbocycles. The SMILES string of the molecule is CC1CN(C(C)C)c2c(CN)cccc2N1. The van der Waals surface area contributed by atoms with Crippen LogP contribution in [0.3, 0.4) is 0 Å². The molecule has 0 bridgehead atoms. The molecule has 88 valence electrons. The number of para-hydroxylation sites is 1. The number of fused-ring (bicyclic) bond motifs is 1. The molecule has 3 N–H and O–H groups in total. The summed E-state index contributed by atoms with van der Waals surface area (Å²) in [5, 5.41) is 3.52. The molecule has 1 unspecified atom stereocenters. The Morgan fingerprint density at radius 3 is 2.88 bits per heavy atom. The van der Waals surface area contributed by atoms with Crippen molar-refractivity contribution in [3.05, 3.63) is 23.8 Å². The maximum atomic E-state index is 5.82. The fourth-order valence-corrected chi connectivity index (χ4v) is 2.38. The Morgan fingerprint density at radius 1 is 1.50 bits per heavy atom. The average Bonchev–Trinajstić information content (AvgIpc) is 2.26. The summed E-state index contributed by atoms with van der Waals surface area (Å²) in [6.45, 7) is 8.32. The summed E-state index contributed by atoms with van der Waals surface area (Å²) in [7, 11) is 0. The molecule has 0 saturated carbocycles. The van der Waals surface area contributed by atoms with Crippen LogP contribution in [-0.4, -0.2) is 18.6 Å². The molecule has 0 saturated heterocycles. The van der Waals surface area contributed by atoms with Gasteiger partial charge in [0.1, 0.15) is 0 Å².